The molecule has 1 N–H and O–H groups in total. The van der Waals surface area contributed by atoms with Crippen molar-refractivity contribution in [3.05, 3.63) is 34.6 Å². The third kappa shape index (κ3) is 4.43. The van der Waals surface area contributed by atoms with E-state index in [0.29, 0.717) is 17.8 Å². The van der Waals surface area contributed by atoms with Gasteiger partial charge in [-0.3, -0.25) is 0 Å². The van der Waals surface area contributed by atoms with Crippen LogP contribution in [0.4, 0.5) is 4.39 Å². The van der Waals surface area contributed by atoms with Crippen molar-refractivity contribution in [2.24, 2.45) is 17.3 Å². The molecule has 118 valence electrons. The Morgan fingerprint density at radius 3 is 2.38 bits per heavy atom. The number of halogens is 2. The van der Waals surface area contributed by atoms with Crippen LogP contribution in [0.3, 0.4) is 0 Å². The van der Waals surface area contributed by atoms with Gasteiger partial charge in [-0.15, -0.1) is 0 Å². The molecular formula is C18H26ClFO. The highest BCUT2D eigenvalue weighted by Gasteiger charge is 2.32. The Labute approximate surface area is 132 Å². The van der Waals surface area contributed by atoms with Gasteiger partial charge in [0.15, 0.2) is 0 Å². The van der Waals surface area contributed by atoms with Gasteiger partial charge in [0, 0.05) is 0 Å². The summed E-state index contributed by atoms with van der Waals surface area (Å²) in [7, 11) is 0. The molecule has 1 atom stereocenters. The van der Waals surface area contributed by atoms with Crippen LogP contribution in [-0.4, -0.2) is 11.2 Å². The monoisotopic (exact) mass is 312 g/mol. The Balaban J connectivity index is 1.90. The number of benzene rings is 1. The van der Waals surface area contributed by atoms with E-state index in [4.69, 9.17) is 11.6 Å². The smallest absolute Gasteiger partial charge is 0.142 e. The molecule has 1 fully saturated rings. The minimum atomic E-state index is -0.405. The van der Waals surface area contributed by atoms with Gasteiger partial charge in [0.05, 0.1) is 11.1 Å². The highest BCUT2D eigenvalue weighted by Crippen LogP contribution is 2.41. The maximum absolute atomic E-state index is 13.4. The van der Waals surface area contributed by atoms with Crippen molar-refractivity contribution >= 4 is 11.6 Å². The van der Waals surface area contributed by atoms with Crippen LogP contribution in [0.5, 0.6) is 0 Å². The molecule has 1 aromatic carbocycles. The number of hydrogen-bond donors (Lipinski definition) is 1. The minimum absolute atomic E-state index is 0.138. The zero-order valence-electron chi connectivity index (χ0n) is 13.2. The molecule has 21 heavy (non-hydrogen) atoms. The molecule has 0 saturated heterocycles. The number of aliphatic hydroxyl groups is 1. The lowest BCUT2D eigenvalue weighted by molar-refractivity contribution is 0.0536. The summed E-state index contributed by atoms with van der Waals surface area (Å²) in [6.45, 7) is 6.89. The summed E-state index contributed by atoms with van der Waals surface area (Å²) < 4.78 is 13.4. The molecule has 1 aliphatic carbocycles. The summed E-state index contributed by atoms with van der Waals surface area (Å²) in [5.74, 6) is 0.675. The molecule has 1 aromatic rings. The molecule has 1 nitrogen and oxygen atoms in total. The molecule has 1 unspecified atom stereocenters. The van der Waals surface area contributed by atoms with Crippen molar-refractivity contribution in [1.82, 2.24) is 0 Å². The van der Waals surface area contributed by atoms with Crippen molar-refractivity contribution in [2.75, 3.05) is 0 Å². The maximum atomic E-state index is 13.4. The first kappa shape index (κ1) is 16.8. The second kappa shape index (κ2) is 6.66. The normalized spacial score (nSPS) is 24.9. The van der Waals surface area contributed by atoms with Crippen LogP contribution >= 0.6 is 11.6 Å². The Morgan fingerprint density at radius 2 is 1.86 bits per heavy atom. The lowest BCUT2D eigenvalue weighted by Gasteiger charge is -2.38. The fourth-order valence-corrected chi connectivity index (χ4v) is 3.56. The lowest BCUT2D eigenvalue weighted by atomic mass is 9.68. The van der Waals surface area contributed by atoms with Crippen molar-refractivity contribution in [1.29, 1.82) is 0 Å². The predicted octanol–water partition coefficient (Wildman–Crippen LogP) is 5.24. The van der Waals surface area contributed by atoms with Crippen molar-refractivity contribution in [2.45, 2.75) is 59.0 Å². The molecule has 0 heterocycles. The van der Waals surface area contributed by atoms with Gasteiger partial charge < -0.3 is 5.11 Å². The van der Waals surface area contributed by atoms with Gasteiger partial charge in [-0.05, 0) is 67.1 Å². The first-order chi connectivity index (χ1) is 9.77. The Hall–Kier alpha value is -0.600. The number of hydrogen-bond acceptors (Lipinski definition) is 1. The zero-order chi connectivity index (χ0) is 15.6. The van der Waals surface area contributed by atoms with E-state index >= 15 is 0 Å². The van der Waals surface area contributed by atoms with E-state index in [1.807, 2.05) is 0 Å². The molecule has 1 saturated carbocycles. The molecule has 0 aliphatic heterocycles. The summed E-state index contributed by atoms with van der Waals surface area (Å²) >= 11 is 5.69. The predicted molar refractivity (Wildman–Crippen MR) is 86.0 cm³/mol. The van der Waals surface area contributed by atoms with E-state index in [0.717, 1.165) is 24.3 Å². The van der Waals surface area contributed by atoms with Gasteiger partial charge in [-0.1, -0.05) is 38.4 Å². The highest BCUT2D eigenvalue weighted by atomic mass is 35.5. The Morgan fingerprint density at radius 1 is 1.24 bits per heavy atom. The fourth-order valence-electron chi connectivity index (χ4n) is 3.44. The molecule has 0 radical (unpaired) electrons. The molecule has 3 heteroatoms. The number of aliphatic hydroxyl groups excluding tert-OH is 1. The SMILES string of the molecule is CC(C)(C)C1CCC(C(O)Cc2ccc(Cl)c(F)c2)CC1. The maximum Gasteiger partial charge on any atom is 0.142 e. The molecule has 0 aromatic heterocycles. The summed E-state index contributed by atoms with van der Waals surface area (Å²) in [6.07, 6.45) is 4.63. The van der Waals surface area contributed by atoms with E-state index < -0.39 is 5.82 Å². The molecule has 1 aliphatic rings. The van der Waals surface area contributed by atoms with Gasteiger partial charge in [0.1, 0.15) is 5.82 Å². The van der Waals surface area contributed by atoms with E-state index in [9.17, 15) is 9.50 Å². The molecule has 0 bridgehead atoms. The van der Waals surface area contributed by atoms with Crippen LogP contribution in [0.15, 0.2) is 18.2 Å². The molecule has 0 spiro atoms. The van der Waals surface area contributed by atoms with Gasteiger partial charge in [0.2, 0.25) is 0 Å². The van der Waals surface area contributed by atoms with Crippen molar-refractivity contribution in [3.8, 4) is 0 Å². The Kier molecular flexibility index (Phi) is 5.32. The van der Waals surface area contributed by atoms with E-state index in [1.165, 1.54) is 18.9 Å². The first-order valence-electron chi connectivity index (χ1n) is 7.89. The van der Waals surface area contributed by atoms with Crippen LogP contribution in [0.1, 0.15) is 52.0 Å². The third-order valence-corrected chi connectivity index (χ3v) is 5.28. The second-order valence-electron chi connectivity index (χ2n) is 7.50. The largest absolute Gasteiger partial charge is 0.392 e. The first-order valence-corrected chi connectivity index (χ1v) is 8.27. The van der Waals surface area contributed by atoms with E-state index in [2.05, 4.69) is 20.8 Å². The average Bonchev–Trinajstić information content (AvgIpc) is 2.42. The van der Waals surface area contributed by atoms with Gasteiger partial charge >= 0.3 is 0 Å². The molecule has 0 amide bonds. The van der Waals surface area contributed by atoms with E-state index in [1.54, 1.807) is 12.1 Å². The van der Waals surface area contributed by atoms with Crippen LogP contribution in [0, 0.1) is 23.1 Å². The van der Waals surface area contributed by atoms with Crippen LogP contribution in [0.25, 0.3) is 0 Å². The molecular weight excluding hydrogens is 287 g/mol. The average molecular weight is 313 g/mol. The highest BCUT2D eigenvalue weighted by molar-refractivity contribution is 6.30. The molecule has 2 rings (SSSR count). The topological polar surface area (TPSA) is 20.2 Å². The van der Waals surface area contributed by atoms with Gasteiger partial charge in [0.25, 0.3) is 0 Å². The Bertz CT molecular complexity index is 473. The minimum Gasteiger partial charge on any atom is -0.392 e. The third-order valence-electron chi connectivity index (χ3n) is 4.97. The van der Waals surface area contributed by atoms with Crippen LogP contribution < -0.4 is 0 Å². The zero-order valence-corrected chi connectivity index (χ0v) is 14.0. The quantitative estimate of drug-likeness (QED) is 0.809. The lowest BCUT2D eigenvalue weighted by Crippen LogP contribution is -2.31. The summed E-state index contributed by atoms with van der Waals surface area (Å²) in [5.41, 5.74) is 1.18. The standard InChI is InChI=1S/C18H26ClFO/c1-18(2,3)14-7-5-13(6-8-14)17(21)11-12-4-9-15(19)16(20)10-12/h4,9-10,13-14,17,21H,5-8,11H2,1-3H3. The van der Waals surface area contributed by atoms with Gasteiger partial charge in [-0.25, -0.2) is 4.39 Å². The van der Waals surface area contributed by atoms with Crippen molar-refractivity contribution < 1.29 is 9.50 Å². The second-order valence-corrected chi connectivity index (χ2v) is 7.90. The summed E-state index contributed by atoms with van der Waals surface area (Å²) in [4.78, 5) is 0. The van der Waals surface area contributed by atoms with Crippen LogP contribution in [-0.2, 0) is 6.42 Å². The van der Waals surface area contributed by atoms with E-state index in [-0.39, 0.29) is 11.1 Å². The van der Waals surface area contributed by atoms with Gasteiger partial charge in [-0.2, -0.15) is 0 Å². The summed E-state index contributed by atoms with van der Waals surface area (Å²) in [5, 5.41) is 10.6. The van der Waals surface area contributed by atoms with Crippen molar-refractivity contribution in [3.63, 3.8) is 0 Å². The summed E-state index contributed by atoms with van der Waals surface area (Å²) in [6, 6.07) is 4.80. The van der Waals surface area contributed by atoms with Crippen LogP contribution in [0.2, 0.25) is 5.02 Å². The fraction of sp³-hybridized carbons (Fsp3) is 0.667. The number of rotatable bonds is 3.